The molecule has 4 nitrogen and oxygen atoms in total. The molecule has 29 heavy (non-hydrogen) atoms. The molecule has 2 bridgehead atoms. The molecule has 1 fully saturated rings. The summed E-state index contributed by atoms with van der Waals surface area (Å²) in [5, 5.41) is 6.93. The van der Waals surface area contributed by atoms with Crippen LogP contribution in [0.1, 0.15) is 68.3 Å². The van der Waals surface area contributed by atoms with E-state index in [1.54, 1.807) is 0 Å². The van der Waals surface area contributed by atoms with E-state index >= 15 is 0 Å². The number of nitrogens with two attached hydrogens (primary N) is 1. The third kappa shape index (κ3) is 7.01. The molecule has 0 saturated heterocycles. The highest BCUT2D eigenvalue weighted by atomic mass is 35.5. The van der Waals surface area contributed by atoms with E-state index < -0.39 is 0 Å². The van der Waals surface area contributed by atoms with Gasteiger partial charge in [0.25, 0.3) is 5.91 Å². The largest absolute Gasteiger partial charge is 0.348 e. The van der Waals surface area contributed by atoms with Crippen molar-refractivity contribution in [2.75, 3.05) is 19.6 Å². The quantitative estimate of drug-likeness (QED) is 0.414. The summed E-state index contributed by atoms with van der Waals surface area (Å²) in [4.78, 5) is 12.7. The Bertz CT molecular complexity index is 803. The number of aryl methyl sites for hydroxylation is 1. The standard InChI is InChI=1S/C24H34ClN3O/c1-24(2,26)16-27-10-4-7-17-8-9-22(25)21(14-17)23(29)28-15-20-12-18-5-3-6-19(11-18)13-20/h8-9,14,18,27H,3-7,10-12,15-16,26H2,1-2H3,(H,28,29). The van der Waals surface area contributed by atoms with Gasteiger partial charge in [0.05, 0.1) is 10.6 Å². The summed E-state index contributed by atoms with van der Waals surface area (Å²) in [6, 6.07) is 5.75. The molecule has 0 heterocycles. The van der Waals surface area contributed by atoms with Crippen LogP contribution in [0.5, 0.6) is 0 Å². The predicted molar refractivity (Wildman–Crippen MR) is 120 cm³/mol. The second-order valence-electron chi connectivity index (χ2n) is 9.26. The Hall–Kier alpha value is -1.58. The van der Waals surface area contributed by atoms with Gasteiger partial charge in [-0.3, -0.25) is 4.79 Å². The summed E-state index contributed by atoms with van der Waals surface area (Å²) >= 11 is 6.31. The summed E-state index contributed by atoms with van der Waals surface area (Å²) in [5.41, 5.74) is 13.7. The lowest BCUT2D eigenvalue weighted by Gasteiger charge is -2.27. The van der Waals surface area contributed by atoms with Crippen molar-refractivity contribution in [3.63, 3.8) is 0 Å². The minimum Gasteiger partial charge on any atom is -0.348 e. The molecule has 1 amide bonds. The van der Waals surface area contributed by atoms with E-state index in [2.05, 4.69) is 16.4 Å². The summed E-state index contributed by atoms with van der Waals surface area (Å²) < 4.78 is 0. The Kier molecular flexibility index (Phi) is 7.59. The first kappa shape index (κ1) is 22.1. The molecule has 4 N–H and O–H groups in total. The van der Waals surface area contributed by atoms with Gasteiger partial charge in [0.1, 0.15) is 0 Å². The van der Waals surface area contributed by atoms with Crippen molar-refractivity contribution >= 4 is 17.5 Å². The highest BCUT2D eigenvalue weighted by Gasteiger charge is 2.22. The lowest BCUT2D eigenvalue weighted by atomic mass is 9.78. The van der Waals surface area contributed by atoms with E-state index in [0.717, 1.165) is 43.8 Å². The summed E-state index contributed by atoms with van der Waals surface area (Å²) in [6.45, 7) is 6.27. The van der Waals surface area contributed by atoms with Crippen molar-refractivity contribution in [2.24, 2.45) is 11.7 Å². The topological polar surface area (TPSA) is 67.1 Å². The van der Waals surface area contributed by atoms with Crippen molar-refractivity contribution in [1.29, 1.82) is 0 Å². The Morgan fingerprint density at radius 1 is 1.34 bits per heavy atom. The maximum absolute atomic E-state index is 12.7. The van der Waals surface area contributed by atoms with Crippen LogP contribution in [-0.4, -0.2) is 31.1 Å². The van der Waals surface area contributed by atoms with Crippen LogP contribution in [-0.2, 0) is 6.42 Å². The number of carbonyl (C=O) groups excluding carboxylic acids is 1. The fourth-order valence-corrected chi connectivity index (χ4v) is 4.43. The van der Waals surface area contributed by atoms with Crippen LogP contribution in [0.15, 0.2) is 35.1 Å². The highest BCUT2D eigenvalue weighted by Crippen LogP contribution is 2.35. The molecule has 158 valence electrons. The van der Waals surface area contributed by atoms with Gasteiger partial charge in [-0.05, 0) is 100 Å². The predicted octanol–water partition coefficient (Wildman–Crippen LogP) is 4.37. The lowest BCUT2D eigenvalue weighted by Crippen LogP contribution is -2.43. The van der Waals surface area contributed by atoms with Crippen LogP contribution < -0.4 is 16.4 Å². The number of hydrogen-bond acceptors (Lipinski definition) is 3. The van der Waals surface area contributed by atoms with E-state index in [-0.39, 0.29) is 11.4 Å². The van der Waals surface area contributed by atoms with Gasteiger partial charge in [0, 0.05) is 18.6 Å². The van der Waals surface area contributed by atoms with Crippen LogP contribution in [0.3, 0.4) is 0 Å². The average Bonchev–Trinajstić information content (AvgIpc) is 2.66. The number of halogens is 1. The third-order valence-corrected chi connectivity index (χ3v) is 5.98. The summed E-state index contributed by atoms with van der Waals surface area (Å²) in [6.07, 6.45) is 7.89. The zero-order valence-corrected chi connectivity index (χ0v) is 18.5. The SMILES string of the molecule is CC(C)(N)CNCCCc1ccc(Cl)c(C(=O)NCC2=C=C3CCCC(C3)C2)c1. The van der Waals surface area contributed by atoms with Gasteiger partial charge < -0.3 is 16.4 Å². The molecule has 2 aliphatic rings. The minimum atomic E-state index is -0.201. The minimum absolute atomic E-state index is 0.102. The van der Waals surface area contributed by atoms with Gasteiger partial charge in [-0.25, -0.2) is 0 Å². The maximum atomic E-state index is 12.7. The molecule has 3 rings (SSSR count). The normalized spacial score (nSPS) is 18.8. The van der Waals surface area contributed by atoms with Gasteiger partial charge in [0.2, 0.25) is 0 Å². The van der Waals surface area contributed by atoms with Gasteiger partial charge >= 0.3 is 0 Å². The van der Waals surface area contributed by atoms with Crippen LogP contribution in [0.2, 0.25) is 5.02 Å². The zero-order valence-electron chi connectivity index (χ0n) is 17.7. The molecule has 0 aromatic heterocycles. The van der Waals surface area contributed by atoms with Crippen molar-refractivity contribution < 1.29 is 4.79 Å². The van der Waals surface area contributed by atoms with Gasteiger partial charge in [-0.2, -0.15) is 0 Å². The first-order valence-corrected chi connectivity index (χ1v) is 11.2. The molecule has 0 aliphatic heterocycles. The molecule has 0 radical (unpaired) electrons. The average molecular weight is 416 g/mol. The molecular formula is C24H34ClN3O. The number of carbonyl (C=O) groups is 1. The van der Waals surface area contributed by atoms with E-state index in [0.29, 0.717) is 17.1 Å². The van der Waals surface area contributed by atoms with Crippen LogP contribution in [0.4, 0.5) is 0 Å². The number of rotatable bonds is 9. The second kappa shape index (κ2) is 9.95. The molecule has 1 aromatic carbocycles. The first-order valence-electron chi connectivity index (χ1n) is 10.8. The number of benzene rings is 1. The van der Waals surface area contributed by atoms with E-state index in [4.69, 9.17) is 17.3 Å². The van der Waals surface area contributed by atoms with Crippen LogP contribution >= 0.6 is 11.6 Å². The molecule has 1 unspecified atom stereocenters. The monoisotopic (exact) mass is 415 g/mol. The lowest BCUT2D eigenvalue weighted by molar-refractivity contribution is 0.0956. The van der Waals surface area contributed by atoms with E-state index in [1.165, 1.54) is 36.8 Å². The Morgan fingerprint density at radius 2 is 2.17 bits per heavy atom. The number of hydrogen-bond donors (Lipinski definition) is 3. The third-order valence-electron chi connectivity index (χ3n) is 5.65. The van der Waals surface area contributed by atoms with Crippen molar-refractivity contribution in [3.05, 3.63) is 51.2 Å². The van der Waals surface area contributed by atoms with Crippen molar-refractivity contribution in [2.45, 2.75) is 64.3 Å². The molecule has 5 heteroatoms. The Balaban J connectivity index is 1.52. The van der Waals surface area contributed by atoms with Gasteiger partial charge in [-0.15, -0.1) is 5.73 Å². The Labute approximate surface area is 180 Å². The van der Waals surface area contributed by atoms with Crippen molar-refractivity contribution in [1.82, 2.24) is 10.6 Å². The maximum Gasteiger partial charge on any atom is 0.253 e. The molecule has 2 aliphatic carbocycles. The Morgan fingerprint density at radius 3 is 2.93 bits per heavy atom. The second-order valence-corrected chi connectivity index (χ2v) is 9.67. The first-order chi connectivity index (χ1) is 13.8. The molecule has 1 saturated carbocycles. The van der Waals surface area contributed by atoms with Gasteiger partial charge in [0.15, 0.2) is 0 Å². The molecule has 1 aromatic rings. The molecular weight excluding hydrogens is 382 g/mol. The van der Waals surface area contributed by atoms with E-state index in [1.807, 2.05) is 32.0 Å². The van der Waals surface area contributed by atoms with Crippen LogP contribution in [0.25, 0.3) is 0 Å². The van der Waals surface area contributed by atoms with Crippen LogP contribution in [0, 0.1) is 5.92 Å². The summed E-state index contributed by atoms with van der Waals surface area (Å²) in [5.74, 6) is 0.646. The highest BCUT2D eigenvalue weighted by molar-refractivity contribution is 6.33. The fourth-order valence-electron chi connectivity index (χ4n) is 4.22. The smallest absolute Gasteiger partial charge is 0.253 e. The number of fused-ring (bicyclic) bond motifs is 2. The molecule has 0 spiro atoms. The van der Waals surface area contributed by atoms with E-state index in [9.17, 15) is 4.79 Å². The summed E-state index contributed by atoms with van der Waals surface area (Å²) in [7, 11) is 0. The number of amides is 1. The zero-order chi connectivity index (χ0) is 20.9. The van der Waals surface area contributed by atoms with Crippen molar-refractivity contribution in [3.8, 4) is 0 Å². The number of nitrogens with one attached hydrogen (secondary N) is 2. The van der Waals surface area contributed by atoms with Gasteiger partial charge in [-0.1, -0.05) is 17.7 Å². The fraction of sp³-hybridized carbons (Fsp3) is 0.583. The molecule has 1 atom stereocenters.